The molecule has 0 saturated carbocycles. The van der Waals surface area contributed by atoms with Gasteiger partial charge >= 0.3 is 5.92 Å². The molecule has 0 aliphatic rings. The Morgan fingerprint density at radius 1 is 1.25 bits per heavy atom. The molecular formula is C20H20F2IN3O2. The Morgan fingerprint density at radius 2 is 1.93 bits per heavy atom. The van der Waals surface area contributed by atoms with Crippen molar-refractivity contribution in [3.05, 3.63) is 57.8 Å². The molecule has 3 aromatic rings. The number of nitrogens with one attached hydrogen (secondary N) is 1. The lowest BCUT2D eigenvalue weighted by Crippen LogP contribution is -2.46. The van der Waals surface area contributed by atoms with Gasteiger partial charge in [0.15, 0.2) is 0 Å². The number of rotatable bonds is 6. The molecule has 1 aromatic heterocycles. The average Bonchev–Trinajstić information content (AvgIpc) is 3.04. The lowest BCUT2D eigenvalue weighted by molar-refractivity contribution is -0.143. The third-order valence-corrected chi connectivity index (χ3v) is 5.18. The van der Waals surface area contributed by atoms with Crippen molar-refractivity contribution in [3.8, 4) is 5.75 Å². The predicted molar refractivity (Wildman–Crippen MR) is 112 cm³/mol. The fourth-order valence-corrected chi connectivity index (χ4v) is 3.62. The molecule has 28 heavy (non-hydrogen) atoms. The van der Waals surface area contributed by atoms with Gasteiger partial charge in [-0.3, -0.25) is 9.48 Å². The van der Waals surface area contributed by atoms with Crippen LogP contribution in [-0.4, -0.2) is 34.8 Å². The highest BCUT2D eigenvalue weighted by Gasteiger charge is 2.35. The number of amides is 1. The predicted octanol–water partition coefficient (Wildman–Crippen LogP) is 4.40. The van der Waals surface area contributed by atoms with E-state index in [9.17, 15) is 13.6 Å². The Hall–Kier alpha value is -2.23. The summed E-state index contributed by atoms with van der Waals surface area (Å²) in [7, 11) is 1.57. The van der Waals surface area contributed by atoms with E-state index in [2.05, 4.69) is 33.0 Å². The second kappa shape index (κ2) is 8.02. The smallest absolute Gasteiger partial charge is 0.321 e. The summed E-state index contributed by atoms with van der Waals surface area (Å²) in [5, 5.41) is 7.85. The van der Waals surface area contributed by atoms with Gasteiger partial charge in [0.2, 0.25) is 0 Å². The summed E-state index contributed by atoms with van der Waals surface area (Å²) in [5.74, 6) is -4.09. The van der Waals surface area contributed by atoms with Crippen LogP contribution in [0.4, 0.5) is 8.78 Å². The summed E-state index contributed by atoms with van der Waals surface area (Å²) in [4.78, 5) is 11.9. The van der Waals surface area contributed by atoms with Crippen LogP contribution in [0.3, 0.4) is 0 Å². The van der Waals surface area contributed by atoms with E-state index in [0.717, 1.165) is 20.0 Å². The minimum atomic E-state index is -3.46. The van der Waals surface area contributed by atoms with Crippen molar-refractivity contribution in [1.29, 1.82) is 0 Å². The SMILES string of the molecule is COc1ccc([C@H]([C@H](C)NC(=O)C(C)(F)F)n2ncc3cc(I)ccc32)cc1. The van der Waals surface area contributed by atoms with E-state index in [1.807, 2.05) is 30.3 Å². The molecule has 1 heterocycles. The number of aromatic nitrogens is 2. The van der Waals surface area contributed by atoms with Crippen molar-refractivity contribution >= 4 is 39.4 Å². The molecule has 148 valence electrons. The lowest BCUT2D eigenvalue weighted by atomic mass is 9.99. The molecule has 0 aliphatic carbocycles. The summed E-state index contributed by atoms with van der Waals surface area (Å²) < 4.78 is 34.9. The maximum absolute atomic E-state index is 13.4. The van der Waals surface area contributed by atoms with Gasteiger partial charge in [-0.15, -0.1) is 0 Å². The second-order valence-electron chi connectivity index (χ2n) is 6.66. The summed E-state index contributed by atoms with van der Waals surface area (Å²) in [6.45, 7) is 2.28. The number of hydrogen-bond donors (Lipinski definition) is 1. The number of halogens is 3. The van der Waals surface area contributed by atoms with Gasteiger partial charge in [0.05, 0.1) is 30.9 Å². The van der Waals surface area contributed by atoms with Crippen LogP contribution in [0.25, 0.3) is 10.9 Å². The van der Waals surface area contributed by atoms with E-state index in [-0.39, 0.29) is 0 Å². The first kappa shape index (κ1) is 20.5. The van der Waals surface area contributed by atoms with Crippen LogP contribution < -0.4 is 10.1 Å². The van der Waals surface area contributed by atoms with Crippen molar-refractivity contribution in [2.45, 2.75) is 31.9 Å². The number of hydrogen-bond acceptors (Lipinski definition) is 3. The molecular weight excluding hydrogens is 479 g/mol. The maximum atomic E-state index is 13.4. The third kappa shape index (κ3) is 4.26. The van der Waals surface area contributed by atoms with E-state index in [1.165, 1.54) is 0 Å². The Kier molecular flexibility index (Phi) is 5.87. The summed E-state index contributed by atoms with van der Waals surface area (Å²) >= 11 is 2.22. The molecule has 2 aromatic carbocycles. The minimum Gasteiger partial charge on any atom is -0.497 e. The summed E-state index contributed by atoms with van der Waals surface area (Å²) in [6.07, 6.45) is 1.73. The zero-order valence-electron chi connectivity index (χ0n) is 15.6. The van der Waals surface area contributed by atoms with E-state index >= 15 is 0 Å². The van der Waals surface area contributed by atoms with Crippen molar-refractivity contribution < 1.29 is 18.3 Å². The molecule has 0 unspecified atom stereocenters. The van der Waals surface area contributed by atoms with Gasteiger partial charge in [-0.05, 0) is 65.4 Å². The number of benzene rings is 2. The van der Waals surface area contributed by atoms with E-state index < -0.39 is 23.9 Å². The van der Waals surface area contributed by atoms with Crippen LogP contribution in [0.2, 0.25) is 0 Å². The van der Waals surface area contributed by atoms with Gasteiger partial charge in [0, 0.05) is 15.9 Å². The molecule has 8 heteroatoms. The Labute approximate surface area is 175 Å². The molecule has 0 radical (unpaired) electrons. The molecule has 5 nitrogen and oxygen atoms in total. The molecule has 1 N–H and O–H groups in total. The second-order valence-corrected chi connectivity index (χ2v) is 7.91. The number of carbonyl (C=O) groups excluding carboxylic acids is 1. The highest BCUT2D eigenvalue weighted by atomic mass is 127. The molecule has 1 amide bonds. The number of fused-ring (bicyclic) bond motifs is 1. The highest BCUT2D eigenvalue weighted by Crippen LogP contribution is 2.29. The van der Waals surface area contributed by atoms with Crippen LogP contribution in [0.5, 0.6) is 5.75 Å². The number of carbonyl (C=O) groups is 1. The fraction of sp³-hybridized carbons (Fsp3) is 0.300. The molecule has 0 aliphatic heterocycles. The molecule has 0 spiro atoms. The van der Waals surface area contributed by atoms with Crippen LogP contribution >= 0.6 is 22.6 Å². The number of alkyl halides is 2. The summed E-state index contributed by atoms with van der Waals surface area (Å²) in [5.41, 5.74) is 1.67. The molecule has 0 bridgehead atoms. The molecule has 0 saturated heterocycles. The first-order chi connectivity index (χ1) is 13.2. The third-order valence-electron chi connectivity index (χ3n) is 4.51. The molecule has 0 fully saturated rings. The number of nitrogens with zero attached hydrogens (tertiary/aromatic N) is 2. The van der Waals surface area contributed by atoms with Gasteiger partial charge in [0.1, 0.15) is 5.75 Å². The Bertz CT molecular complexity index is 983. The molecule has 2 atom stereocenters. The Morgan fingerprint density at radius 3 is 2.54 bits per heavy atom. The van der Waals surface area contributed by atoms with E-state index in [1.54, 1.807) is 37.0 Å². The van der Waals surface area contributed by atoms with Gasteiger partial charge in [0.25, 0.3) is 5.91 Å². The van der Waals surface area contributed by atoms with Gasteiger partial charge < -0.3 is 10.1 Å². The Balaban J connectivity index is 2.06. The van der Waals surface area contributed by atoms with Crippen molar-refractivity contribution in [2.75, 3.05) is 7.11 Å². The zero-order chi connectivity index (χ0) is 20.5. The zero-order valence-corrected chi connectivity index (χ0v) is 17.8. The van der Waals surface area contributed by atoms with E-state index in [4.69, 9.17) is 4.74 Å². The first-order valence-corrected chi connectivity index (χ1v) is 9.74. The normalized spacial score (nSPS) is 13.9. The quantitative estimate of drug-likeness (QED) is 0.512. The van der Waals surface area contributed by atoms with Gasteiger partial charge in [-0.2, -0.15) is 13.9 Å². The topological polar surface area (TPSA) is 56.1 Å². The van der Waals surface area contributed by atoms with Gasteiger partial charge in [-0.25, -0.2) is 0 Å². The first-order valence-electron chi connectivity index (χ1n) is 8.66. The fourth-order valence-electron chi connectivity index (χ4n) is 3.10. The lowest BCUT2D eigenvalue weighted by Gasteiger charge is -2.27. The van der Waals surface area contributed by atoms with Crippen molar-refractivity contribution in [2.24, 2.45) is 0 Å². The van der Waals surface area contributed by atoms with Crippen molar-refractivity contribution in [3.63, 3.8) is 0 Å². The monoisotopic (exact) mass is 499 g/mol. The maximum Gasteiger partial charge on any atom is 0.321 e. The van der Waals surface area contributed by atoms with Crippen LogP contribution in [0.15, 0.2) is 48.7 Å². The molecule has 3 rings (SSSR count). The average molecular weight is 499 g/mol. The van der Waals surface area contributed by atoms with Gasteiger partial charge in [-0.1, -0.05) is 12.1 Å². The largest absolute Gasteiger partial charge is 0.497 e. The van der Waals surface area contributed by atoms with E-state index in [0.29, 0.717) is 12.7 Å². The van der Waals surface area contributed by atoms with Crippen LogP contribution in [0, 0.1) is 3.57 Å². The van der Waals surface area contributed by atoms with Crippen molar-refractivity contribution in [1.82, 2.24) is 15.1 Å². The number of methoxy groups -OCH3 is 1. The van der Waals surface area contributed by atoms with Crippen LogP contribution in [0.1, 0.15) is 25.5 Å². The minimum absolute atomic E-state index is 0.477. The number of ether oxygens (including phenoxy) is 1. The van der Waals surface area contributed by atoms with Crippen LogP contribution in [-0.2, 0) is 4.79 Å². The highest BCUT2D eigenvalue weighted by molar-refractivity contribution is 14.1. The standard InChI is InChI=1S/C20H20F2IN3O2/c1-12(25-19(27)20(2,21)22)18(13-4-7-16(28-3)8-5-13)26-17-9-6-15(23)10-14(17)11-24-26/h4-12,18H,1-3H3,(H,25,27)/t12-,18-/m0/s1. The summed E-state index contributed by atoms with van der Waals surface area (Å²) in [6, 6.07) is 12.0.